The van der Waals surface area contributed by atoms with Crippen molar-refractivity contribution in [3.05, 3.63) is 101 Å². The van der Waals surface area contributed by atoms with Gasteiger partial charge in [-0.05, 0) is 55.5 Å². The van der Waals surface area contributed by atoms with Crippen molar-refractivity contribution in [1.82, 2.24) is 14.5 Å². The van der Waals surface area contributed by atoms with Crippen LogP contribution in [0.15, 0.2) is 83.7 Å². The first kappa shape index (κ1) is 23.8. The SMILES string of the molecule is CCC(c1nc2ccccc2c(=O)n1-c1ccccc1OC)N(CCc1ccccc1)C(=O)C1CC1. The Hall–Kier alpha value is -3.93. The van der Waals surface area contributed by atoms with Crippen LogP contribution in [0.5, 0.6) is 5.75 Å². The molecule has 1 atom stereocenters. The number of para-hydroxylation sites is 3. The zero-order valence-electron chi connectivity index (χ0n) is 20.8. The molecule has 3 aromatic carbocycles. The molecule has 0 N–H and O–H groups in total. The van der Waals surface area contributed by atoms with Crippen LogP contribution in [0.1, 0.15) is 43.6 Å². The number of carbonyl (C=O) groups is 1. The third kappa shape index (κ3) is 4.63. The Morgan fingerprint density at radius 3 is 2.44 bits per heavy atom. The highest BCUT2D eigenvalue weighted by molar-refractivity contribution is 5.82. The quantitative estimate of drug-likeness (QED) is 0.324. The first-order valence-electron chi connectivity index (χ1n) is 12.6. The van der Waals surface area contributed by atoms with Crippen molar-refractivity contribution >= 4 is 16.8 Å². The molecule has 1 fully saturated rings. The molecule has 1 aliphatic rings. The smallest absolute Gasteiger partial charge is 0.266 e. The minimum absolute atomic E-state index is 0.0571. The third-order valence-corrected chi connectivity index (χ3v) is 6.88. The van der Waals surface area contributed by atoms with Crippen LogP contribution in [0.3, 0.4) is 0 Å². The normalized spacial score (nSPS) is 13.9. The Bertz CT molecular complexity index is 1430. The Kier molecular flexibility index (Phi) is 6.85. The predicted octanol–water partition coefficient (Wildman–Crippen LogP) is 5.33. The van der Waals surface area contributed by atoms with E-state index < -0.39 is 0 Å². The van der Waals surface area contributed by atoms with E-state index in [1.165, 1.54) is 5.56 Å². The topological polar surface area (TPSA) is 64.4 Å². The number of carbonyl (C=O) groups excluding carboxylic acids is 1. The first-order valence-corrected chi connectivity index (χ1v) is 12.6. The van der Waals surface area contributed by atoms with E-state index in [1.54, 1.807) is 17.7 Å². The summed E-state index contributed by atoms with van der Waals surface area (Å²) < 4.78 is 7.27. The number of hydrogen-bond acceptors (Lipinski definition) is 4. The van der Waals surface area contributed by atoms with Crippen LogP contribution >= 0.6 is 0 Å². The number of aromatic nitrogens is 2. The number of ether oxygens (including phenoxy) is 1. The summed E-state index contributed by atoms with van der Waals surface area (Å²) >= 11 is 0. The molecule has 1 amide bonds. The second-order valence-electron chi connectivity index (χ2n) is 9.27. The number of amides is 1. The number of rotatable bonds is 9. The van der Waals surface area contributed by atoms with E-state index in [0.29, 0.717) is 41.1 Å². The van der Waals surface area contributed by atoms with Gasteiger partial charge in [0.15, 0.2) is 0 Å². The fraction of sp³-hybridized carbons (Fsp3) is 0.300. The van der Waals surface area contributed by atoms with Crippen LogP contribution in [0.25, 0.3) is 16.6 Å². The summed E-state index contributed by atoms with van der Waals surface area (Å²) in [6.07, 6.45) is 3.21. The van der Waals surface area contributed by atoms with Crippen LogP contribution < -0.4 is 10.3 Å². The summed E-state index contributed by atoms with van der Waals surface area (Å²) in [5.74, 6) is 1.35. The van der Waals surface area contributed by atoms with Crippen LogP contribution in [-0.2, 0) is 11.2 Å². The van der Waals surface area contributed by atoms with Crippen LogP contribution in [0.2, 0.25) is 0 Å². The second kappa shape index (κ2) is 10.4. The van der Waals surface area contributed by atoms with Crippen molar-refractivity contribution in [2.24, 2.45) is 5.92 Å². The third-order valence-electron chi connectivity index (χ3n) is 6.88. The minimum Gasteiger partial charge on any atom is -0.495 e. The molecule has 1 heterocycles. The van der Waals surface area contributed by atoms with Gasteiger partial charge < -0.3 is 9.64 Å². The minimum atomic E-state index is -0.357. The summed E-state index contributed by atoms with van der Waals surface area (Å²) in [5.41, 5.74) is 2.26. The van der Waals surface area contributed by atoms with Gasteiger partial charge in [-0.15, -0.1) is 0 Å². The Balaban J connectivity index is 1.67. The van der Waals surface area contributed by atoms with Gasteiger partial charge in [-0.2, -0.15) is 0 Å². The lowest BCUT2D eigenvalue weighted by molar-refractivity contribution is -0.135. The highest BCUT2D eigenvalue weighted by Gasteiger charge is 2.38. The molecule has 1 saturated carbocycles. The van der Waals surface area contributed by atoms with E-state index in [9.17, 15) is 9.59 Å². The standard InChI is InChI=1S/C30H31N3O3/c1-3-25(32(29(34)22-17-18-22)20-19-21-11-5-4-6-12-21)28-31-24-14-8-7-13-23(24)30(35)33(28)26-15-9-10-16-27(26)36-2/h4-16,22,25H,3,17-20H2,1-2H3. The monoisotopic (exact) mass is 481 g/mol. The number of methoxy groups -OCH3 is 1. The Morgan fingerprint density at radius 2 is 1.72 bits per heavy atom. The molecular weight excluding hydrogens is 450 g/mol. The van der Waals surface area contributed by atoms with Gasteiger partial charge in [0.2, 0.25) is 5.91 Å². The maximum absolute atomic E-state index is 13.9. The van der Waals surface area contributed by atoms with Gasteiger partial charge in [0.1, 0.15) is 11.6 Å². The first-order chi connectivity index (χ1) is 17.6. The van der Waals surface area contributed by atoms with Gasteiger partial charge in [-0.3, -0.25) is 14.2 Å². The zero-order chi connectivity index (χ0) is 25.1. The van der Waals surface area contributed by atoms with Gasteiger partial charge in [0.25, 0.3) is 5.56 Å². The number of fused-ring (bicyclic) bond motifs is 1. The van der Waals surface area contributed by atoms with Crippen LogP contribution in [0, 0.1) is 5.92 Å². The summed E-state index contributed by atoms with van der Waals surface area (Å²) in [6, 6.07) is 24.7. The highest BCUT2D eigenvalue weighted by atomic mass is 16.5. The van der Waals surface area contributed by atoms with Crippen molar-refractivity contribution in [3.8, 4) is 11.4 Å². The molecule has 5 rings (SSSR count). The lowest BCUT2D eigenvalue weighted by atomic mass is 10.1. The Morgan fingerprint density at radius 1 is 1.03 bits per heavy atom. The number of nitrogens with zero attached hydrogens (tertiary/aromatic N) is 3. The van der Waals surface area contributed by atoms with Gasteiger partial charge in [0, 0.05) is 12.5 Å². The van der Waals surface area contributed by atoms with Gasteiger partial charge in [-0.25, -0.2) is 4.98 Å². The van der Waals surface area contributed by atoms with Gasteiger partial charge in [0.05, 0.1) is 29.7 Å². The molecule has 4 aromatic rings. The lowest BCUT2D eigenvalue weighted by Crippen LogP contribution is -2.40. The molecule has 6 nitrogen and oxygen atoms in total. The maximum atomic E-state index is 13.9. The molecule has 0 saturated heterocycles. The molecular formula is C30H31N3O3. The molecule has 1 unspecified atom stereocenters. The summed E-state index contributed by atoms with van der Waals surface area (Å²) in [4.78, 5) is 34.5. The summed E-state index contributed by atoms with van der Waals surface area (Å²) in [7, 11) is 1.60. The lowest BCUT2D eigenvalue weighted by Gasteiger charge is -2.33. The number of benzene rings is 3. The molecule has 1 aliphatic carbocycles. The molecule has 6 heteroatoms. The maximum Gasteiger partial charge on any atom is 0.266 e. The van der Waals surface area contributed by atoms with Crippen molar-refractivity contribution in [3.63, 3.8) is 0 Å². The van der Waals surface area contributed by atoms with Crippen LogP contribution in [0.4, 0.5) is 0 Å². The van der Waals surface area contributed by atoms with Crippen molar-refractivity contribution in [2.75, 3.05) is 13.7 Å². The van der Waals surface area contributed by atoms with E-state index in [-0.39, 0.29) is 23.4 Å². The zero-order valence-corrected chi connectivity index (χ0v) is 20.8. The summed E-state index contributed by atoms with van der Waals surface area (Å²) in [5, 5.41) is 0.534. The van der Waals surface area contributed by atoms with E-state index in [0.717, 1.165) is 19.3 Å². The second-order valence-corrected chi connectivity index (χ2v) is 9.27. The average molecular weight is 482 g/mol. The van der Waals surface area contributed by atoms with E-state index in [4.69, 9.17) is 9.72 Å². The van der Waals surface area contributed by atoms with E-state index >= 15 is 0 Å². The average Bonchev–Trinajstić information content (AvgIpc) is 3.77. The van der Waals surface area contributed by atoms with Crippen molar-refractivity contribution in [1.29, 1.82) is 0 Å². The largest absolute Gasteiger partial charge is 0.495 e. The number of hydrogen-bond donors (Lipinski definition) is 0. The molecule has 184 valence electrons. The summed E-state index contributed by atoms with van der Waals surface area (Å²) in [6.45, 7) is 2.61. The predicted molar refractivity (Wildman–Crippen MR) is 142 cm³/mol. The molecule has 1 aromatic heterocycles. The van der Waals surface area contributed by atoms with E-state index in [2.05, 4.69) is 12.1 Å². The molecule has 0 aliphatic heterocycles. The highest BCUT2D eigenvalue weighted by Crippen LogP contribution is 2.36. The van der Waals surface area contributed by atoms with Crippen LogP contribution in [-0.4, -0.2) is 34.0 Å². The fourth-order valence-electron chi connectivity index (χ4n) is 4.84. The van der Waals surface area contributed by atoms with Gasteiger partial charge in [-0.1, -0.05) is 61.5 Å². The van der Waals surface area contributed by atoms with Crippen molar-refractivity contribution in [2.45, 2.75) is 38.6 Å². The molecule has 0 bridgehead atoms. The van der Waals surface area contributed by atoms with Gasteiger partial charge >= 0.3 is 0 Å². The molecule has 36 heavy (non-hydrogen) atoms. The van der Waals surface area contributed by atoms with Crippen molar-refractivity contribution < 1.29 is 9.53 Å². The molecule has 0 spiro atoms. The Labute approximate surface area is 211 Å². The molecule has 0 radical (unpaired) electrons. The fourth-order valence-corrected chi connectivity index (χ4v) is 4.84. The van der Waals surface area contributed by atoms with E-state index in [1.807, 2.05) is 72.5 Å².